The molecule has 1 N–H and O–H groups in total. The van der Waals surface area contributed by atoms with Crippen molar-refractivity contribution in [3.63, 3.8) is 0 Å². The van der Waals surface area contributed by atoms with Gasteiger partial charge in [0.25, 0.3) is 0 Å². The summed E-state index contributed by atoms with van der Waals surface area (Å²) in [6.07, 6.45) is 4.32. The van der Waals surface area contributed by atoms with Crippen LogP contribution in [0.5, 0.6) is 0 Å². The van der Waals surface area contributed by atoms with Gasteiger partial charge in [0.05, 0.1) is 6.54 Å². The van der Waals surface area contributed by atoms with E-state index in [0.717, 1.165) is 18.2 Å². The zero-order valence-corrected chi connectivity index (χ0v) is 8.08. The van der Waals surface area contributed by atoms with Gasteiger partial charge in [-0.25, -0.2) is 0 Å². The molecule has 1 aliphatic carbocycles. The fourth-order valence-electron chi connectivity index (χ4n) is 1.81. The number of ether oxygens (including phenoxy) is 2. The predicted molar refractivity (Wildman–Crippen MR) is 50.2 cm³/mol. The maximum absolute atomic E-state index is 5.40. The van der Waals surface area contributed by atoms with Crippen molar-refractivity contribution < 1.29 is 9.47 Å². The summed E-state index contributed by atoms with van der Waals surface area (Å²) in [5.74, 6) is 1.83. The molecular formula is C10H17NO2. The van der Waals surface area contributed by atoms with Crippen LogP contribution in [0.15, 0.2) is 12.0 Å². The van der Waals surface area contributed by atoms with Crippen molar-refractivity contribution >= 4 is 0 Å². The van der Waals surface area contributed by atoms with Crippen LogP contribution in [0.1, 0.15) is 19.8 Å². The van der Waals surface area contributed by atoms with Crippen LogP contribution in [-0.2, 0) is 9.47 Å². The van der Waals surface area contributed by atoms with E-state index in [-0.39, 0.29) is 0 Å². The Hall–Kier alpha value is -0.700. The average Bonchev–Trinajstić information content (AvgIpc) is 2.12. The van der Waals surface area contributed by atoms with E-state index < -0.39 is 0 Å². The summed E-state index contributed by atoms with van der Waals surface area (Å²) in [5, 5.41) is 3.45. The van der Waals surface area contributed by atoms with Gasteiger partial charge in [0, 0.05) is 6.04 Å². The Morgan fingerprint density at radius 1 is 1.46 bits per heavy atom. The third kappa shape index (κ3) is 2.37. The number of hydrogen-bond donors (Lipinski definition) is 1. The number of nitrogens with one attached hydrogen (secondary N) is 1. The van der Waals surface area contributed by atoms with Gasteiger partial charge in [0.2, 0.25) is 0 Å². The highest BCUT2D eigenvalue weighted by Crippen LogP contribution is 2.26. The first-order valence-electron chi connectivity index (χ1n) is 5.01. The first-order chi connectivity index (χ1) is 6.34. The van der Waals surface area contributed by atoms with Crippen molar-refractivity contribution in [2.75, 3.05) is 19.8 Å². The molecule has 0 aromatic rings. The van der Waals surface area contributed by atoms with Crippen molar-refractivity contribution in [1.29, 1.82) is 0 Å². The minimum absolute atomic E-state index is 0.684. The lowest BCUT2D eigenvalue weighted by molar-refractivity contribution is 0.0784. The zero-order chi connectivity index (χ0) is 9.10. The highest BCUT2D eigenvalue weighted by atomic mass is 16.6. The molecule has 0 radical (unpaired) electrons. The topological polar surface area (TPSA) is 30.5 Å². The highest BCUT2D eigenvalue weighted by molar-refractivity contribution is 4.95. The standard InChI is InChI=1S/C10H17NO2/c1-8-4-9(5-8)11-6-10-7-12-2-3-13-10/h7-9,11H,2-6H2,1H3. The summed E-state index contributed by atoms with van der Waals surface area (Å²) < 4.78 is 10.6. The fraction of sp³-hybridized carbons (Fsp3) is 0.800. The second-order valence-electron chi connectivity index (χ2n) is 3.96. The molecule has 1 fully saturated rings. The average molecular weight is 183 g/mol. The molecule has 3 heteroatoms. The second-order valence-corrected chi connectivity index (χ2v) is 3.96. The highest BCUT2D eigenvalue weighted by Gasteiger charge is 2.24. The normalized spacial score (nSPS) is 32.5. The van der Waals surface area contributed by atoms with Crippen LogP contribution < -0.4 is 5.32 Å². The van der Waals surface area contributed by atoms with E-state index in [1.165, 1.54) is 12.8 Å². The van der Waals surface area contributed by atoms with E-state index in [4.69, 9.17) is 9.47 Å². The van der Waals surface area contributed by atoms with Gasteiger partial charge in [-0.2, -0.15) is 0 Å². The first-order valence-corrected chi connectivity index (χ1v) is 5.01. The Labute approximate surface area is 79.1 Å². The van der Waals surface area contributed by atoms with Crippen LogP contribution in [0, 0.1) is 5.92 Å². The number of rotatable bonds is 3. The van der Waals surface area contributed by atoms with E-state index in [9.17, 15) is 0 Å². The van der Waals surface area contributed by atoms with E-state index >= 15 is 0 Å². The largest absolute Gasteiger partial charge is 0.494 e. The molecule has 1 saturated carbocycles. The maximum atomic E-state index is 5.40. The molecule has 0 atom stereocenters. The smallest absolute Gasteiger partial charge is 0.144 e. The fourth-order valence-corrected chi connectivity index (χ4v) is 1.81. The Bertz CT molecular complexity index is 197. The summed E-state index contributed by atoms with van der Waals surface area (Å²) in [6.45, 7) is 4.48. The molecule has 0 aromatic heterocycles. The molecular weight excluding hydrogens is 166 g/mol. The molecule has 2 aliphatic rings. The molecule has 3 nitrogen and oxygen atoms in total. The van der Waals surface area contributed by atoms with Gasteiger partial charge >= 0.3 is 0 Å². The van der Waals surface area contributed by atoms with E-state index in [1.54, 1.807) is 6.26 Å². The lowest BCUT2D eigenvalue weighted by Crippen LogP contribution is -2.41. The lowest BCUT2D eigenvalue weighted by atomic mass is 9.82. The molecule has 13 heavy (non-hydrogen) atoms. The van der Waals surface area contributed by atoms with Crippen molar-refractivity contribution in [3.8, 4) is 0 Å². The van der Waals surface area contributed by atoms with Crippen LogP contribution >= 0.6 is 0 Å². The van der Waals surface area contributed by atoms with Crippen LogP contribution in [0.25, 0.3) is 0 Å². The Morgan fingerprint density at radius 2 is 2.31 bits per heavy atom. The van der Waals surface area contributed by atoms with Crippen LogP contribution in [-0.4, -0.2) is 25.8 Å². The summed E-state index contributed by atoms with van der Waals surface area (Å²) in [7, 11) is 0. The molecule has 1 aliphatic heterocycles. The van der Waals surface area contributed by atoms with Crippen LogP contribution in [0.2, 0.25) is 0 Å². The first kappa shape index (κ1) is 8.88. The summed E-state index contributed by atoms with van der Waals surface area (Å²) in [6, 6.07) is 0.696. The van der Waals surface area contributed by atoms with Gasteiger partial charge in [-0.3, -0.25) is 0 Å². The monoisotopic (exact) mass is 183 g/mol. The summed E-state index contributed by atoms with van der Waals surface area (Å²) in [4.78, 5) is 0. The zero-order valence-electron chi connectivity index (χ0n) is 8.08. The molecule has 0 bridgehead atoms. The third-order valence-electron chi connectivity index (χ3n) is 2.64. The predicted octanol–water partition coefficient (Wildman–Crippen LogP) is 1.26. The van der Waals surface area contributed by atoms with Crippen LogP contribution in [0.4, 0.5) is 0 Å². The van der Waals surface area contributed by atoms with Gasteiger partial charge < -0.3 is 14.8 Å². The molecule has 0 unspecified atom stereocenters. The van der Waals surface area contributed by atoms with E-state index in [2.05, 4.69) is 12.2 Å². The van der Waals surface area contributed by atoms with Crippen molar-refractivity contribution in [1.82, 2.24) is 5.32 Å². The lowest BCUT2D eigenvalue weighted by Gasteiger charge is -2.33. The van der Waals surface area contributed by atoms with Crippen LogP contribution in [0.3, 0.4) is 0 Å². The molecule has 0 aromatic carbocycles. The van der Waals surface area contributed by atoms with Gasteiger partial charge in [0.15, 0.2) is 0 Å². The third-order valence-corrected chi connectivity index (χ3v) is 2.64. The van der Waals surface area contributed by atoms with E-state index in [1.807, 2.05) is 0 Å². The van der Waals surface area contributed by atoms with E-state index in [0.29, 0.717) is 19.3 Å². The van der Waals surface area contributed by atoms with Gasteiger partial charge in [-0.15, -0.1) is 0 Å². The minimum atomic E-state index is 0.684. The molecule has 0 spiro atoms. The second kappa shape index (κ2) is 4.01. The molecule has 2 rings (SSSR count). The Balaban J connectivity index is 1.64. The Morgan fingerprint density at radius 3 is 2.92 bits per heavy atom. The molecule has 1 heterocycles. The number of hydrogen-bond acceptors (Lipinski definition) is 3. The van der Waals surface area contributed by atoms with Gasteiger partial charge in [-0.05, 0) is 18.8 Å². The molecule has 0 amide bonds. The maximum Gasteiger partial charge on any atom is 0.144 e. The van der Waals surface area contributed by atoms with Crippen molar-refractivity contribution in [2.24, 2.45) is 5.92 Å². The van der Waals surface area contributed by atoms with Gasteiger partial charge in [-0.1, -0.05) is 6.92 Å². The van der Waals surface area contributed by atoms with Crippen molar-refractivity contribution in [3.05, 3.63) is 12.0 Å². The molecule has 0 saturated heterocycles. The molecule has 74 valence electrons. The van der Waals surface area contributed by atoms with Gasteiger partial charge in [0.1, 0.15) is 25.2 Å². The summed E-state index contributed by atoms with van der Waals surface area (Å²) in [5.41, 5.74) is 0. The van der Waals surface area contributed by atoms with Crippen molar-refractivity contribution in [2.45, 2.75) is 25.8 Å². The SMILES string of the molecule is CC1CC(NCC2=COCCO2)C1. The quantitative estimate of drug-likeness (QED) is 0.714. The summed E-state index contributed by atoms with van der Waals surface area (Å²) >= 11 is 0. The Kier molecular flexibility index (Phi) is 2.74. The minimum Gasteiger partial charge on any atom is -0.494 e.